The average Bonchev–Trinajstić information content (AvgIpc) is 2.76. The molecule has 1 saturated heterocycles. The maximum absolute atomic E-state index is 11.6. The van der Waals surface area contributed by atoms with E-state index in [1.54, 1.807) is 13.3 Å². The van der Waals surface area contributed by atoms with Crippen LogP contribution < -0.4 is 9.47 Å². The van der Waals surface area contributed by atoms with E-state index in [0.717, 1.165) is 9.13 Å². The fraction of sp³-hybridized carbons (Fsp3) is 0.308. The molecule has 112 valence electrons. The minimum atomic E-state index is -0.102. The highest BCUT2D eigenvalue weighted by molar-refractivity contribution is 14.1. The molecule has 1 aliphatic rings. The quantitative estimate of drug-likeness (QED) is 0.404. The van der Waals surface area contributed by atoms with Crippen molar-refractivity contribution in [3.05, 3.63) is 21.3 Å². The molecule has 0 atom stereocenters. The summed E-state index contributed by atoms with van der Waals surface area (Å²) in [4.78, 5) is 11.6. The normalized spacial score (nSPS) is 15.1. The monoisotopic (exact) mass is 436 g/mol. The van der Waals surface area contributed by atoms with Crippen molar-refractivity contribution in [1.82, 2.24) is 5.01 Å². The zero-order chi connectivity index (χ0) is 15.4. The molecule has 5 nitrogen and oxygen atoms in total. The van der Waals surface area contributed by atoms with E-state index in [0.29, 0.717) is 28.2 Å². The summed E-state index contributed by atoms with van der Waals surface area (Å²) in [6.45, 7) is 2.45. The number of thioether (sulfide) groups is 1. The van der Waals surface area contributed by atoms with Crippen LogP contribution in [-0.2, 0) is 4.79 Å². The van der Waals surface area contributed by atoms with Crippen LogP contribution >= 0.6 is 46.6 Å². The highest BCUT2D eigenvalue weighted by Gasteiger charge is 2.26. The molecule has 0 N–H and O–H groups in total. The largest absolute Gasteiger partial charge is 0.492 e. The van der Waals surface area contributed by atoms with Gasteiger partial charge in [-0.1, -0.05) is 24.0 Å². The van der Waals surface area contributed by atoms with Gasteiger partial charge in [0.05, 0.1) is 29.3 Å². The SMILES string of the molecule is CCOc1cc(/C=N/N2C(=O)CSC2=S)cc(I)c1OC. The van der Waals surface area contributed by atoms with Gasteiger partial charge in [-0.2, -0.15) is 10.1 Å². The van der Waals surface area contributed by atoms with Crippen LogP contribution in [0.25, 0.3) is 0 Å². The fourth-order valence-electron chi connectivity index (χ4n) is 1.71. The Kier molecular flexibility index (Phi) is 5.82. The molecule has 0 spiro atoms. The van der Waals surface area contributed by atoms with Crippen LogP contribution in [0.5, 0.6) is 11.5 Å². The summed E-state index contributed by atoms with van der Waals surface area (Å²) in [5, 5.41) is 5.40. The van der Waals surface area contributed by atoms with Crippen LogP contribution in [0.1, 0.15) is 12.5 Å². The lowest BCUT2D eigenvalue weighted by molar-refractivity contribution is -0.123. The Hall–Kier alpha value is -0.870. The first-order valence-corrected chi connectivity index (χ1v) is 8.58. The van der Waals surface area contributed by atoms with Crippen LogP contribution in [0.15, 0.2) is 17.2 Å². The van der Waals surface area contributed by atoms with E-state index >= 15 is 0 Å². The van der Waals surface area contributed by atoms with Crippen molar-refractivity contribution in [3.63, 3.8) is 0 Å². The lowest BCUT2D eigenvalue weighted by atomic mass is 10.2. The third kappa shape index (κ3) is 3.86. The van der Waals surface area contributed by atoms with Crippen LogP contribution in [0.3, 0.4) is 0 Å². The molecule has 0 radical (unpaired) electrons. The number of halogens is 1. The second kappa shape index (κ2) is 7.41. The van der Waals surface area contributed by atoms with E-state index < -0.39 is 0 Å². The zero-order valence-corrected chi connectivity index (χ0v) is 15.3. The van der Waals surface area contributed by atoms with Gasteiger partial charge in [-0.3, -0.25) is 4.79 Å². The number of carbonyl (C=O) groups is 1. The van der Waals surface area contributed by atoms with Gasteiger partial charge >= 0.3 is 0 Å². The molecular weight excluding hydrogens is 423 g/mol. The highest BCUT2D eigenvalue weighted by Crippen LogP contribution is 2.33. The summed E-state index contributed by atoms with van der Waals surface area (Å²) in [7, 11) is 1.60. The first-order valence-electron chi connectivity index (χ1n) is 6.10. The lowest BCUT2D eigenvalue weighted by Crippen LogP contribution is -2.22. The van der Waals surface area contributed by atoms with E-state index in [1.807, 2.05) is 19.1 Å². The van der Waals surface area contributed by atoms with Gasteiger partial charge in [0.15, 0.2) is 15.8 Å². The van der Waals surface area contributed by atoms with Gasteiger partial charge in [-0.15, -0.1) is 0 Å². The number of ether oxygens (including phenoxy) is 2. The molecule has 0 aliphatic carbocycles. The molecule has 1 aliphatic heterocycles. The Morgan fingerprint density at radius 3 is 2.90 bits per heavy atom. The molecule has 8 heteroatoms. The Morgan fingerprint density at radius 2 is 2.33 bits per heavy atom. The molecule has 21 heavy (non-hydrogen) atoms. The highest BCUT2D eigenvalue weighted by atomic mass is 127. The van der Waals surface area contributed by atoms with Crippen molar-refractivity contribution in [2.24, 2.45) is 5.10 Å². The number of amides is 1. The van der Waals surface area contributed by atoms with Gasteiger partial charge in [0, 0.05) is 0 Å². The molecule has 0 unspecified atom stereocenters. The predicted molar refractivity (Wildman–Crippen MR) is 96.4 cm³/mol. The number of methoxy groups -OCH3 is 1. The van der Waals surface area contributed by atoms with Crippen molar-refractivity contribution >= 4 is 63.0 Å². The van der Waals surface area contributed by atoms with E-state index in [4.69, 9.17) is 21.7 Å². The maximum atomic E-state index is 11.6. The molecule has 1 fully saturated rings. The number of hydrogen-bond acceptors (Lipinski definition) is 6. The van der Waals surface area contributed by atoms with Gasteiger partial charge in [-0.05, 0) is 47.2 Å². The van der Waals surface area contributed by atoms with Gasteiger partial charge in [-0.25, -0.2) is 0 Å². The summed E-state index contributed by atoms with van der Waals surface area (Å²) < 4.78 is 12.3. The van der Waals surface area contributed by atoms with E-state index in [2.05, 4.69) is 27.7 Å². The Morgan fingerprint density at radius 1 is 1.57 bits per heavy atom. The summed E-state index contributed by atoms with van der Waals surface area (Å²) in [6.07, 6.45) is 1.60. The second-order valence-electron chi connectivity index (χ2n) is 3.97. The third-order valence-corrected chi connectivity index (χ3v) is 4.73. The third-order valence-electron chi connectivity index (χ3n) is 2.59. The molecule has 1 aromatic carbocycles. The molecule has 0 aromatic heterocycles. The Labute approximate surface area is 146 Å². The molecule has 1 aromatic rings. The molecule has 1 amide bonds. The first kappa shape index (κ1) is 16.5. The number of hydrogen-bond donors (Lipinski definition) is 0. The van der Waals surface area contributed by atoms with Crippen molar-refractivity contribution in [3.8, 4) is 11.5 Å². The van der Waals surface area contributed by atoms with E-state index in [1.165, 1.54) is 16.8 Å². The molecule has 1 heterocycles. The van der Waals surface area contributed by atoms with Gasteiger partial charge < -0.3 is 9.47 Å². The van der Waals surface area contributed by atoms with Crippen LogP contribution in [0, 0.1) is 3.57 Å². The number of nitrogens with zero attached hydrogens (tertiary/aromatic N) is 2. The molecular formula is C13H13IN2O3S2. The Bertz CT molecular complexity index is 591. The number of carbonyl (C=O) groups excluding carboxylic acids is 1. The van der Waals surface area contributed by atoms with E-state index in [-0.39, 0.29) is 5.91 Å². The van der Waals surface area contributed by atoms with Gasteiger partial charge in [0.2, 0.25) is 0 Å². The number of hydrazone groups is 1. The summed E-state index contributed by atoms with van der Waals surface area (Å²) in [5.41, 5.74) is 0.816. The Balaban J connectivity index is 2.28. The van der Waals surface area contributed by atoms with Gasteiger partial charge in [0.1, 0.15) is 0 Å². The van der Waals surface area contributed by atoms with Crippen molar-refractivity contribution < 1.29 is 14.3 Å². The molecule has 0 bridgehead atoms. The zero-order valence-electron chi connectivity index (χ0n) is 11.5. The number of rotatable bonds is 5. The second-order valence-corrected chi connectivity index (χ2v) is 6.74. The first-order chi connectivity index (χ1) is 10.1. The van der Waals surface area contributed by atoms with Crippen LogP contribution in [0.2, 0.25) is 0 Å². The lowest BCUT2D eigenvalue weighted by Gasteiger charge is -2.12. The minimum Gasteiger partial charge on any atom is -0.492 e. The average molecular weight is 436 g/mol. The smallest absolute Gasteiger partial charge is 0.259 e. The minimum absolute atomic E-state index is 0.102. The number of benzene rings is 1. The standard InChI is InChI=1S/C13H13IN2O3S2/c1-3-19-10-5-8(4-9(14)12(10)18-2)6-15-16-11(17)7-21-13(16)20/h4-6H,3,7H2,1-2H3/b15-6+. The van der Waals surface area contributed by atoms with Crippen LogP contribution in [0.4, 0.5) is 0 Å². The van der Waals surface area contributed by atoms with Crippen molar-refractivity contribution in [2.75, 3.05) is 19.5 Å². The predicted octanol–water partition coefficient (Wildman–Crippen LogP) is 2.89. The summed E-state index contributed by atoms with van der Waals surface area (Å²) >= 11 is 8.56. The van der Waals surface area contributed by atoms with E-state index in [9.17, 15) is 4.79 Å². The number of thiocarbonyl (C=S) groups is 1. The molecule has 2 rings (SSSR count). The topological polar surface area (TPSA) is 51.1 Å². The maximum Gasteiger partial charge on any atom is 0.259 e. The van der Waals surface area contributed by atoms with Crippen LogP contribution in [-0.4, -0.2) is 40.9 Å². The summed E-state index contributed by atoms with van der Waals surface area (Å²) in [6, 6.07) is 3.73. The van der Waals surface area contributed by atoms with Gasteiger partial charge in [0.25, 0.3) is 5.91 Å². The van der Waals surface area contributed by atoms with Crippen molar-refractivity contribution in [2.45, 2.75) is 6.92 Å². The van der Waals surface area contributed by atoms with Crippen molar-refractivity contribution in [1.29, 1.82) is 0 Å². The summed E-state index contributed by atoms with van der Waals surface area (Å²) in [5.74, 6) is 1.59. The fourth-order valence-corrected chi connectivity index (χ4v) is 3.52. The molecule has 0 saturated carbocycles.